The largest absolute Gasteiger partial charge is 0.493 e. The van der Waals surface area contributed by atoms with E-state index in [2.05, 4.69) is 6.07 Å². The number of aryl methyl sites for hydroxylation is 2. The summed E-state index contributed by atoms with van der Waals surface area (Å²) in [5.74, 6) is 1.85. The zero-order valence-electron chi connectivity index (χ0n) is 13.1. The molecule has 0 heterocycles. The number of hydrogen-bond acceptors (Lipinski definition) is 4. The van der Waals surface area contributed by atoms with E-state index in [1.165, 1.54) is 0 Å². The standard InChI is InChI=1S/C18H19NO3/c1-13-7-8-14(2)17(11-13)21-9-10-22-18-15(12-19)5-4-6-16(18)20-3/h4-8,11H,9-10H2,1-3H3. The fourth-order valence-electron chi connectivity index (χ4n) is 2.07. The van der Waals surface area contributed by atoms with Crippen LogP contribution in [0, 0.1) is 25.2 Å². The van der Waals surface area contributed by atoms with Crippen LogP contribution >= 0.6 is 0 Å². The number of rotatable bonds is 6. The first-order valence-corrected chi connectivity index (χ1v) is 7.05. The third-order valence-corrected chi connectivity index (χ3v) is 3.25. The van der Waals surface area contributed by atoms with Crippen molar-refractivity contribution in [2.24, 2.45) is 0 Å². The van der Waals surface area contributed by atoms with Crippen LogP contribution in [0.15, 0.2) is 36.4 Å². The number of methoxy groups -OCH3 is 1. The van der Waals surface area contributed by atoms with Gasteiger partial charge in [0.1, 0.15) is 25.0 Å². The average molecular weight is 297 g/mol. The molecule has 0 saturated carbocycles. The lowest BCUT2D eigenvalue weighted by Crippen LogP contribution is -2.11. The molecule has 22 heavy (non-hydrogen) atoms. The summed E-state index contributed by atoms with van der Waals surface area (Å²) in [7, 11) is 1.55. The van der Waals surface area contributed by atoms with E-state index in [1.807, 2.05) is 32.0 Å². The smallest absolute Gasteiger partial charge is 0.179 e. The van der Waals surface area contributed by atoms with Crippen molar-refractivity contribution in [3.05, 3.63) is 53.1 Å². The Balaban J connectivity index is 1.97. The third kappa shape index (κ3) is 3.70. The van der Waals surface area contributed by atoms with Crippen LogP contribution in [-0.4, -0.2) is 20.3 Å². The second-order valence-corrected chi connectivity index (χ2v) is 4.91. The van der Waals surface area contributed by atoms with Crippen LogP contribution in [0.5, 0.6) is 17.2 Å². The minimum Gasteiger partial charge on any atom is -0.493 e. The molecular formula is C18H19NO3. The molecule has 0 bridgehead atoms. The van der Waals surface area contributed by atoms with Gasteiger partial charge >= 0.3 is 0 Å². The SMILES string of the molecule is COc1cccc(C#N)c1OCCOc1cc(C)ccc1C. The van der Waals surface area contributed by atoms with Crippen LogP contribution in [-0.2, 0) is 0 Å². The van der Waals surface area contributed by atoms with E-state index >= 15 is 0 Å². The Morgan fingerprint density at radius 2 is 1.77 bits per heavy atom. The van der Waals surface area contributed by atoms with Gasteiger partial charge in [0.05, 0.1) is 12.7 Å². The second kappa shape index (κ2) is 7.37. The van der Waals surface area contributed by atoms with Crippen LogP contribution < -0.4 is 14.2 Å². The maximum absolute atomic E-state index is 9.12. The van der Waals surface area contributed by atoms with Crippen molar-refractivity contribution in [3.8, 4) is 23.3 Å². The van der Waals surface area contributed by atoms with Gasteiger partial charge in [-0.3, -0.25) is 0 Å². The van der Waals surface area contributed by atoms with Crippen molar-refractivity contribution in [3.63, 3.8) is 0 Å². The lowest BCUT2D eigenvalue weighted by Gasteiger charge is -2.13. The Kier molecular flexibility index (Phi) is 5.26. The number of hydrogen-bond donors (Lipinski definition) is 0. The first kappa shape index (κ1) is 15.7. The number of para-hydroxylation sites is 1. The number of benzene rings is 2. The summed E-state index contributed by atoms with van der Waals surface area (Å²) >= 11 is 0. The lowest BCUT2D eigenvalue weighted by atomic mass is 10.1. The fourth-order valence-corrected chi connectivity index (χ4v) is 2.07. The second-order valence-electron chi connectivity index (χ2n) is 4.91. The van der Waals surface area contributed by atoms with Gasteiger partial charge in [-0.15, -0.1) is 0 Å². The van der Waals surface area contributed by atoms with Crippen molar-refractivity contribution < 1.29 is 14.2 Å². The molecule has 0 unspecified atom stereocenters. The highest BCUT2D eigenvalue weighted by atomic mass is 16.5. The maximum atomic E-state index is 9.12. The normalized spacial score (nSPS) is 9.91. The summed E-state index contributed by atoms with van der Waals surface area (Å²) in [6.45, 7) is 4.76. The molecule has 2 aromatic carbocycles. The van der Waals surface area contributed by atoms with E-state index in [9.17, 15) is 0 Å². The Labute approximate surface area is 130 Å². The highest BCUT2D eigenvalue weighted by Gasteiger charge is 2.10. The molecule has 0 saturated heterocycles. The highest BCUT2D eigenvalue weighted by Crippen LogP contribution is 2.30. The van der Waals surface area contributed by atoms with Gasteiger partial charge in [-0.2, -0.15) is 5.26 Å². The van der Waals surface area contributed by atoms with Crippen LogP contribution in [0.25, 0.3) is 0 Å². The minimum atomic E-state index is 0.336. The summed E-state index contributed by atoms with van der Waals surface area (Å²) in [6, 6.07) is 13.4. The van der Waals surface area contributed by atoms with Gasteiger partial charge in [0.15, 0.2) is 11.5 Å². The molecule has 0 N–H and O–H groups in total. The molecule has 2 aromatic rings. The Morgan fingerprint density at radius 3 is 2.50 bits per heavy atom. The quantitative estimate of drug-likeness (QED) is 0.764. The van der Waals surface area contributed by atoms with E-state index in [1.54, 1.807) is 25.3 Å². The predicted octanol–water partition coefficient (Wildman–Crippen LogP) is 3.64. The van der Waals surface area contributed by atoms with Gasteiger partial charge < -0.3 is 14.2 Å². The summed E-state index contributed by atoms with van der Waals surface area (Å²) in [4.78, 5) is 0. The van der Waals surface area contributed by atoms with Crippen molar-refractivity contribution in [1.82, 2.24) is 0 Å². The number of ether oxygens (including phenoxy) is 3. The molecule has 4 nitrogen and oxygen atoms in total. The van der Waals surface area contributed by atoms with Gasteiger partial charge in [0.25, 0.3) is 0 Å². The Bertz CT molecular complexity index is 689. The fraction of sp³-hybridized carbons (Fsp3) is 0.278. The van der Waals surface area contributed by atoms with Gasteiger partial charge in [0, 0.05) is 0 Å². The molecule has 114 valence electrons. The third-order valence-electron chi connectivity index (χ3n) is 3.25. The molecule has 0 atom stereocenters. The summed E-state index contributed by atoms with van der Waals surface area (Å²) in [6.07, 6.45) is 0. The summed E-state index contributed by atoms with van der Waals surface area (Å²) in [5.41, 5.74) is 2.68. The Hall–Kier alpha value is -2.67. The van der Waals surface area contributed by atoms with Gasteiger partial charge in [-0.25, -0.2) is 0 Å². The van der Waals surface area contributed by atoms with Gasteiger partial charge in [-0.1, -0.05) is 18.2 Å². The van der Waals surface area contributed by atoms with Gasteiger partial charge in [-0.05, 0) is 43.2 Å². The molecule has 0 fully saturated rings. The van der Waals surface area contributed by atoms with E-state index in [0.29, 0.717) is 30.3 Å². The minimum absolute atomic E-state index is 0.336. The topological polar surface area (TPSA) is 51.5 Å². The van der Waals surface area contributed by atoms with Crippen molar-refractivity contribution in [1.29, 1.82) is 5.26 Å². The van der Waals surface area contributed by atoms with Crippen LogP contribution in [0.4, 0.5) is 0 Å². The molecule has 0 aliphatic rings. The molecule has 0 aliphatic heterocycles. The molecule has 0 amide bonds. The predicted molar refractivity (Wildman–Crippen MR) is 84.6 cm³/mol. The first-order valence-electron chi connectivity index (χ1n) is 7.05. The molecular weight excluding hydrogens is 278 g/mol. The maximum Gasteiger partial charge on any atom is 0.179 e. The van der Waals surface area contributed by atoms with Crippen LogP contribution in [0.1, 0.15) is 16.7 Å². The first-order chi connectivity index (χ1) is 10.7. The molecule has 4 heteroatoms. The van der Waals surface area contributed by atoms with Crippen LogP contribution in [0.2, 0.25) is 0 Å². The lowest BCUT2D eigenvalue weighted by molar-refractivity contribution is 0.210. The van der Waals surface area contributed by atoms with Crippen molar-refractivity contribution in [2.75, 3.05) is 20.3 Å². The van der Waals surface area contributed by atoms with Gasteiger partial charge in [0.2, 0.25) is 0 Å². The zero-order valence-corrected chi connectivity index (χ0v) is 13.1. The molecule has 0 spiro atoms. The number of nitriles is 1. The van der Waals surface area contributed by atoms with E-state index in [4.69, 9.17) is 19.5 Å². The van der Waals surface area contributed by atoms with E-state index in [-0.39, 0.29) is 0 Å². The monoisotopic (exact) mass is 297 g/mol. The van der Waals surface area contributed by atoms with Crippen molar-refractivity contribution in [2.45, 2.75) is 13.8 Å². The molecule has 0 radical (unpaired) electrons. The summed E-state index contributed by atoms with van der Waals surface area (Å²) < 4.78 is 16.6. The Morgan fingerprint density at radius 1 is 1.00 bits per heavy atom. The highest BCUT2D eigenvalue weighted by molar-refractivity contribution is 5.52. The van der Waals surface area contributed by atoms with Crippen molar-refractivity contribution >= 4 is 0 Å². The molecule has 0 aliphatic carbocycles. The van der Waals surface area contributed by atoms with E-state index < -0.39 is 0 Å². The number of nitrogens with zero attached hydrogens (tertiary/aromatic N) is 1. The molecule has 0 aromatic heterocycles. The molecule has 2 rings (SSSR count). The zero-order chi connectivity index (χ0) is 15.9. The summed E-state index contributed by atoms with van der Waals surface area (Å²) in [5, 5.41) is 9.12. The van der Waals surface area contributed by atoms with Crippen LogP contribution in [0.3, 0.4) is 0 Å². The van der Waals surface area contributed by atoms with E-state index in [0.717, 1.165) is 16.9 Å². The average Bonchev–Trinajstić information content (AvgIpc) is 2.54.